The van der Waals surface area contributed by atoms with Crippen molar-refractivity contribution in [1.29, 1.82) is 0 Å². The van der Waals surface area contributed by atoms with Crippen LogP contribution in [0.15, 0.2) is 48.5 Å². The van der Waals surface area contributed by atoms with Crippen molar-refractivity contribution in [3.8, 4) is 5.75 Å². The predicted molar refractivity (Wildman–Crippen MR) is 85.6 cm³/mol. The van der Waals surface area contributed by atoms with E-state index in [0.29, 0.717) is 18.0 Å². The molecule has 2 N–H and O–H groups in total. The van der Waals surface area contributed by atoms with Crippen LogP contribution in [0.25, 0.3) is 0 Å². The van der Waals surface area contributed by atoms with E-state index in [-0.39, 0.29) is 11.7 Å². The average Bonchev–Trinajstić information content (AvgIpc) is 2.49. The first-order chi connectivity index (χ1) is 10.1. The maximum atomic E-state index is 12.0. The van der Waals surface area contributed by atoms with Crippen LogP contribution in [-0.2, 0) is 11.2 Å². The van der Waals surface area contributed by atoms with Crippen LogP contribution >= 0.6 is 0 Å². The zero-order chi connectivity index (χ0) is 15.2. The van der Waals surface area contributed by atoms with Crippen LogP contribution in [0.1, 0.15) is 37.3 Å². The number of rotatable bonds is 5. The van der Waals surface area contributed by atoms with Gasteiger partial charge in [0.05, 0.1) is 12.1 Å². The van der Waals surface area contributed by atoms with Gasteiger partial charge < -0.3 is 10.4 Å². The molecule has 2 rings (SSSR count). The highest BCUT2D eigenvalue weighted by atomic mass is 16.3. The van der Waals surface area contributed by atoms with Gasteiger partial charge in [-0.2, -0.15) is 0 Å². The number of hydrogen-bond acceptors (Lipinski definition) is 2. The Morgan fingerprint density at radius 2 is 1.81 bits per heavy atom. The maximum absolute atomic E-state index is 12.0. The number of benzene rings is 2. The summed E-state index contributed by atoms with van der Waals surface area (Å²) in [5.41, 5.74) is 2.70. The Balaban J connectivity index is 1.98. The molecule has 2 aromatic carbocycles. The van der Waals surface area contributed by atoms with Crippen LogP contribution in [-0.4, -0.2) is 11.0 Å². The van der Waals surface area contributed by atoms with Gasteiger partial charge >= 0.3 is 0 Å². The smallest absolute Gasteiger partial charge is 0.228 e. The molecule has 0 radical (unpaired) electrons. The Bertz CT molecular complexity index is 605. The summed E-state index contributed by atoms with van der Waals surface area (Å²) in [5, 5.41) is 12.4. The van der Waals surface area contributed by atoms with E-state index in [4.69, 9.17) is 0 Å². The summed E-state index contributed by atoms with van der Waals surface area (Å²) in [5.74, 6) is 0.486. The van der Waals surface area contributed by atoms with E-state index in [1.807, 2.05) is 12.1 Å². The molecule has 110 valence electrons. The van der Waals surface area contributed by atoms with Gasteiger partial charge in [-0.15, -0.1) is 0 Å². The van der Waals surface area contributed by atoms with E-state index in [9.17, 15) is 9.90 Å². The van der Waals surface area contributed by atoms with Crippen molar-refractivity contribution in [2.75, 3.05) is 5.32 Å². The molecule has 1 amide bonds. The first kappa shape index (κ1) is 15.1. The van der Waals surface area contributed by atoms with Gasteiger partial charge in [-0.25, -0.2) is 0 Å². The van der Waals surface area contributed by atoms with Crippen LogP contribution in [0, 0.1) is 0 Å². The van der Waals surface area contributed by atoms with Crippen LogP contribution in [0.5, 0.6) is 5.75 Å². The van der Waals surface area contributed by atoms with E-state index < -0.39 is 0 Å². The van der Waals surface area contributed by atoms with Gasteiger partial charge in [-0.05, 0) is 35.6 Å². The number of carbonyl (C=O) groups excluding carboxylic acids is 1. The third-order valence-corrected chi connectivity index (χ3v) is 3.70. The number of hydrogen-bond donors (Lipinski definition) is 2. The van der Waals surface area contributed by atoms with Gasteiger partial charge in [0.1, 0.15) is 5.75 Å². The fourth-order valence-electron chi connectivity index (χ4n) is 2.16. The summed E-state index contributed by atoms with van der Waals surface area (Å²) in [4.78, 5) is 12.0. The Labute approximate surface area is 125 Å². The molecule has 3 heteroatoms. The van der Waals surface area contributed by atoms with Crippen molar-refractivity contribution in [3.63, 3.8) is 0 Å². The Morgan fingerprint density at radius 1 is 1.14 bits per heavy atom. The lowest BCUT2D eigenvalue weighted by atomic mass is 9.97. The fraction of sp³-hybridized carbons (Fsp3) is 0.278. The normalized spacial score (nSPS) is 11.9. The second kappa shape index (κ2) is 6.93. The van der Waals surface area contributed by atoms with E-state index in [0.717, 1.165) is 12.0 Å². The highest BCUT2D eigenvalue weighted by Gasteiger charge is 2.08. The summed E-state index contributed by atoms with van der Waals surface area (Å²) in [6.45, 7) is 4.36. The van der Waals surface area contributed by atoms with Gasteiger partial charge in [0.2, 0.25) is 5.91 Å². The SMILES string of the molecule is CCC(C)c1ccc(CC(=O)Nc2ccccc2O)cc1. The quantitative estimate of drug-likeness (QED) is 0.812. The first-order valence-electron chi connectivity index (χ1n) is 7.26. The van der Waals surface area contributed by atoms with Crippen molar-refractivity contribution in [2.45, 2.75) is 32.6 Å². The Kier molecular flexibility index (Phi) is 4.99. The second-order valence-electron chi connectivity index (χ2n) is 5.29. The molecule has 0 spiro atoms. The molecule has 0 bridgehead atoms. The summed E-state index contributed by atoms with van der Waals surface area (Å²) in [7, 11) is 0. The topological polar surface area (TPSA) is 49.3 Å². The minimum atomic E-state index is -0.132. The molecule has 1 atom stereocenters. The number of carbonyl (C=O) groups is 1. The summed E-state index contributed by atoms with van der Waals surface area (Å²) >= 11 is 0. The van der Waals surface area contributed by atoms with Gasteiger partial charge in [-0.1, -0.05) is 50.2 Å². The van der Waals surface area contributed by atoms with Gasteiger partial charge in [0, 0.05) is 0 Å². The summed E-state index contributed by atoms with van der Waals surface area (Å²) in [6.07, 6.45) is 1.40. The number of aromatic hydroxyl groups is 1. The standard InChI is InChI=1S/C18H21NO2/c1-3-13(2)15-10-8-14(9-11-15)12-18(21)19-16-6-4-5-7-17(16)20/h4-11,13,20H,3,12H2,1-2H3,(H,19,21). The van der Waals surface area contributed by atoms with Crippen LogP contribution in [0.4, 0.5) is 5.69 Å². The highest BCUT2D eigenvalue weighted by Crippen LogP contribution is 2.22. The van der Waals surface area contributed by atoms with Gasteiger partial charge in [-0.3, -0.25) is 4.79 Å². The molecular formula is C18H21NO2. The van der Waals surface area contributed by atoms with E-state index in [1.54, 1.807) is 24.3 Å². The molecule has 3 nitrogen and oxygen atoms in total. The molecule has 0 fully saturated rings. The number of phenolic OH excluding ortho intramolecular Hbond substituents is 1. The number of amides is 1. The number of nitrogens with one attached hydrogen (secondary N) is 1. The van der Waals surface area contributed by atoms with E-state index in [1.165, 1.54) is 5.56 Å². The first-order valence-corrected chi connectivity index (χ1v) is 7.26. The lowest BCUT2D eigenvalue weighted by Gasteiger charge is -2.10. The molecular weight excluding hydrogens is 262 g/mol. The number of anilines is 1. The highest BCUT2D eigenvalue weighted by molar-refractivity contribution is 5.93. The third-order valence-electron chi connectivity index (χ3n) is 3.70. The molecule has 0 aromatic heterocycles. The molecule has 1 unspecified atom stereocenters. The molecule has 21 heavy (non-hydrogen) atoms. The molecule has 0 aliphatic heterocycles. The Hall–Kier alpha value is -2.29. The van der Waals surface area contributed by atoms with E-state index in [2.05, 4.69) is 31.3 Å². The van der Waals surface area contributed by atoms with Crippen LogP contribution in [0.2, 0.25) is 0 Å². The zero-order valence-corrected chi connectivity index (χ0v) is 12.5. The summed E-state index contributed by atoms with van der Waals surface area (Å²) in [6, 6.07) is 14.9. The lowest BCUT2D eigenvalue weighted by molar-refractivity contribution is -0.115. The fourth-order valence-corrected chi connectivity index (χ4v) is 2.16. The van der Waals surface area contributed by atoms with Crippen LogP contribution in [0.3, 0.4) is 0 Å². The minimum Gasteiger partial charge on any atom is -0.506 e. The zero-order valence-electron chi connectivity index (χ0n) is 12.5. The number of phenols is 1. The largest absolute Gasteiger partial charge is 0.506 e. The third kappa shape index (κ3) is 4.09. The molecule has 0 saturated heterocycles. The predicted octanol–water partition coefficient (Wildman–Crippen LogP) is 4.09. The van der Waals surface area contributed by atoms with Gasteiger partial charge in [0.15, 0.2) is 0 Å². The molecule has 2 aromatic rings. The lowest BCUT2D eigenvalue weighted by Crippen LogP contribution is -2.14. The average molecular weight is 283 g/mol. The van der Waals surface area contributed by atoms with Crippen molar-refractivity contribution in [1.82, 2.24) is 0 Å². The minimum absolute atomic E-state index is 0.0815. The molecule has 0 aliphatic rings. The maximum Gasteiger partial charge on any atom is 0.228 e. The van der Waals surface area contributed by atoms with E-state index >= 15 is 0 Å². The van der Waals surface area contributed by atoms with Crippen molar-refractivity contribution >= 4 is 11.6 Å². The monoisotopic (exact) mass is 283 g/mol. The molecule has 0 saturated carbocycles. The second-order valence-corrected chi connectivity index (χ2v) is 5.29. The number of para-hydroxylation sites is 2. The molecule has 0 aliphatic carbocycles. The van der Waals surface area contributed by atoms with Crippen molar-refractivity contribution in [3.05, 3.63) is 59.7 Å². The van der Waals surface area contributed by atoms with Crippen molar-refractivity contribution in [2.24, 2.45) is 0 Å². The summed E-state index contributed by atoms with van der Waals surface area (Å²) < 4.78 is 0. The Morgan fingerprint density at radius 3 is 2.43 bits per heavy atom. The van der Waals surface area contributed by atoms with Crippen molar-refractivity contribution < 1.29 is 9.90 Å². The van der Waals surface area contributed by atoms with Crippen LogP contribution < -0.4 is 5.32 Å². The van der Waals surface area contributed by atoms with Gasteiger partial charge in [0.25, 0.3) is 0 Å². The molecule has 0 heterocycles.